The number of nitrogen functional groups attached to an aromatic ring is 1. The lowest BCUT2D eigenvalue weighted by Crippen LogP contribution is -2.01. The van der Waals surface area contributed by atoms with Crippen LogP contribution in [0.1, 0.15) is 5.56 Å². The first-order chi connectivity index (χ1) is 8.28. The second-order valence-corrected chi connectivity index (χ2v) is 3.53. The fraction of sp³-hybridized carbons (Fsp3) is 0.167. The molecule has 0 fully saturated rings. The summed E-state index contributed by atoms with van der Waals surface area (Å²) in [6.45, 7) is 0.683. The third-order valence-corrected chi connectivity index (χ3v) is 2.29. The lowest BCUT2D eigenvalue weighted by molar-refractivity contribution is 0.397. The van der Waals surface area contributed by atoms with Crippen molar-refractivity contribution >= 4 is 11.5 Å². The average molecular weight is 230 g/mol. The topological polar surface area (TPSA) is 73.1 Å². The maximum atomic E-state index is 5.59. The van der Waals surface area contributed by atoms with Gasteiger partial charge in [0.15, 0.2) is 0 Å². The second kappa shape index (κ2) is 5.16. The third-order valence-electron chi connectivity index (χ3n) is 2.29. The number of pyridine rings is 2. The van der Waals surface area contributed by atoms with E-state index in [1.165, 1.54) is 0 Å². The van der Waals surface area contributed by atoms with E-state index in [0.29, 0.717) is 18.2 Å². The minimum absolute atomic E-state index is 0.502. The van der Waals surface area contributed by atoms with E-state index < -0.39 is 0 Å². The van der Waals surface area contributed by atoms with Crippen molar-refractivity contribution in [2.45, 2.75) is 6.54 Å². The van der Waals surface area contributed by atoms with Crippen LogP contribution < -0.4 is 15.8 Å². The molecular weight excluding hydrogens is 216 g/mol. The van der Waals surface area contributed by atoms with Crippen LogP contribution in [0.4, 0.5) is 11.5 Å². The molecule has 5 heteroatoms. The fourth-order valence-electron chi connectivity index (χ4n) is 1.43. The van der Waals surface area contributed by atoms with E-state index in [0.717, 1.165) is 11.3 Å². The number of hydrogen-bond acceptors (Lipinski definition) is 5. The van der Waals surface area contributed by atoms with Crippen LogP contribution in [0.2, 0.25) is 0 Å². The molecule has 0 spiro atoms. The number of methoxy groups -OCH3 is 1. The van der Waals surface area contributed by atoms with E-state index in [4.69, 9.17) is 10.5 Å². The van der Waals surface area contributed by atoms with Crippen molar-refractivity contribution in [3.05, 3.63) is 42.2 Å². The Labute approximate surface area is 99.7 Å². The number of aromatic nitrogens is 2. The molecule has 5 nitrogen and oxygen atoms in total. The number of anilines is 2. The van der Waals surface area contributed by atoms with Gasteiger partial charge in [0.2, 0.25) is 5.88 Å². The van der Waals surface area contributed by atoms with E-state index in [-0.39, 0.29) is 0 Å². The first-order valence-corrected chi connectivity index (χ1v) is 5.22. The highest BCUT2D eigenvalue weighted by Crippen LogP contribution is 2.13. The predicted octanol–water partition coefficient (Wildman–Crippen LogP) is 1.68. The molecular formula is C12H14N4O. The van der Waals surface area contributed by atoms with Gasteiger partial charge in [-0.25, -0.2) is 9.97 Å². The molecule has 0 aromatic carbocycles. The lowest BCUT2D eigenvalue weighted by Gasteiger charge is -2.07. The van der Waals surface area contributed by atoms with Crippen molar-refractivity contribution in [3.63, 3.8) is 0 Å². The number of nitrogens with two attached hydrogens (primary N) is 1. The molecule has 2 heterocycles. The summed E-state index contributed by atoms with van der Waals surface area (Å²) in [7, 11) is 1.60. The van der Waals surface area contributed by atoms with Crippen molar-refractivity contribution < 1.29 is 4.74 Å². The van der Waals surface area contributed by atoms with Gasteiger partial charge in [-0.3, -0.25) is 0 Å². The maximum Gasteiger partial charge on any atom is 0.213 e. The SMILES string of the molecule is COc1cc(CNc2ccnc(N)c2)ccn1. The standard InChI is InChI=1S/C12H14N4O/c1-17-12-6-9(2-4-15-12)8-16-10-3-5-14-11(13)7-10/h2-7H,8H2,1H3,(H3,13,14,16). The Morgan fingerprint density at radius 3 is 2.82 bits per heavy atom. The molecule has 2 rings (SSSR count). The summed E-state index contributed by atoms with van der Waals surface area (Å²) in [4.78, 5) is 7.98. The first-order valence-electron chi connectivity index (χ1n) is 5.22. The smallest absolute Gasteiger partial charge is 0.213 e. The Bertz CT molecular complexity index is 501. The predicted molar refractivity (Wildman–Crippen MR) is 66.8 cm³/mol. The number of nitrogens with one attached hydrogen (secondary N) is 1. The highest BCUT2D eigenvalue weighted by Gasteiger charge is 1.98. The van der Waals surface area contributed by atoms with E-state index in [9.17, 15) is 0 Å². The molecule has 17 heavy (non-hydrogen) atoms. The molecule has 0 aliphatic heterocycles. The van der Waals surface area contributed by atoms with Crippen molar-refractivity contribution in [3.8, 4) is 5.88 Å². The van der Waals surface area contributed by atoms with Crippen LogP contribution in [0.5, 0.6) is 5.88 Å². The van der Waals surface area contributed by atoms with Gasteiger partial charge in [0.1, 0.15) is 5.82 Å². The van der Waals surface area contributed by atoms with Gasteiger partial charge in [0.05, 0.1) is 7.11 Å². The van der Waals surface area contributed by atoms with E-state index in [2.05, 4.69) is 15.3 Å². The Morgan fingerprint density at radius 2 is 2.06 bits per heavy atom. The molecule has 0 unspecified atom stereocenters. The number of ether oxygens (including phenoxy) is 1. The second-order valence-electron chi connectivity index (χ2n) is 3.53. The minimum Gasteiger partial charge on any atom is -0.481 e. The van der Waals surface area contributed by atoms with Gasteiger partial charge in [-0.1, -0.05) is 0 Å². The molecule has 3 N–H and O–H groups in total. The normalized spacial score (nSPS) is 9.94. The molecule has 0 saturated carbocycles. The van der Waals surface area contributed by atoms with Gasteiger partial charge in [-0.15, -0.1) is 0 Å². The van der Waals surface area contributed by atoms with E-state index >= 15 is 0 Å². The van der Waals surface area contributed by atoms with Crippen molar-refractivity contribution in [1.29, 1.82) is 0 Å². The fourth-order valence-corrected chi connectivity index (χ4v) is 1.43. The molecule has 2 aromatic heterocycles. The number of rotatable bonds is 4. The summed E-state index contributed by atoms with van der Waals surface area (Å²) in [5.41, 5.74) is 7.62. The highest BCUT2D eigenvalue weighted by atomic mass is 16.5. The van der Waals surface area contributed by atoms with E-state index in [1.54, 1.807) is 25.6 Å². The summed E-state index contributed by atoms with van der Waals surface area (Å²) < 4.78 is 5.06. The van der Waals surface area contributed by atoms with Crippen LogP contribution in [0.3, 0.4) is 0 Å². The Balaban J connectivity index is 2.02. The molecule has 0 atom stereocenters. The van der Waals surface area contributed by atoms with Gasteiger partial charge in [-0.05, 0) is 17.7 Å². The molecule has 0 amide bonds. The van der Waals surface area contributed by atoms with Crippen LogP contribution in [0.25, 0.3) is 0 Å². The average Bonchev–Trinajstić information content (AvgIpc) is 2.37. The number of nitrogens with zero attached hydrogens (tertiary/aromatic N) is 2. The van der Waals surface area contributed by atoms with Gasteiger partial charge >= 0.3 is 0 Å². The maximum absolute atomic E-state index is 5.59. The zero-order chi connectivity index (χ0) is 12.1. The van der Waals surface area contributed by atoms with Crippen LogP contribution in [-0.4, -0.2) is 17.1 Å². The van der Waals surface area contributed by atoms with Gasteiger partial charge < -0.3 is 15.8 Å². The molecule has 0 bridgehead atoms. The number of hydrogen-bond donors (Lipinski definition) is 2. The van der Waals surface area contributed by atoms with Crippen LogP contribution >= 0.6 is 0 Å². The van der Waals surface area contributed by atoms with Gasteiger partial charge in [0.25, 0.3) is 0 Å². The summed E-state index contributed by atoms with van der Waals surface area (Å²) in [6.07, 6.45) is 3.39. The zero-order valence-corrected chi connectivity index (χ0v) is 9.55. The van der Waals surface area contributed by atoms with Crippen molar-refractivity contribution in [2.24, 2.45) is 0 Å². The Kier molecular flexibility index (Phi) is 3.40. The monoisotopic (exact) mass is 230 g/mol. The van der Waals surface area contributed by atoms with Crippen LogP contribution in [0.15, 0.2) is 36.7 Å². The molecule has 88 valence electrons. The van der Waals surface area contributed by atoms with Gasteiger partial charge in [-0.2, -0.15) is 0 Å². The Hall–Kier alpha value is -2.30. The van der Waals surface area contributed by atoms with Crippen LogP contribution in [0, 0.1) is 0 Å². The van der Waals surface area contributed by atoms with E-state index in [1.807, 2.05) is 18.2 Å². The first kappa shape index (κ1) is 11.2. The van der Waals surface area contributed by atoms with Crippen LogP contribution in [-0.2, 0) is 6.54 Å². The lowest BCUT2D eigenvalue weighted by atomic mass is 10.2. The quantitative estimate of drug-likeness (QED) is 0.836. The molecule has 0 radical (unpaired) electrons. The zero-order valence-electron chi connectivity index (χ0n) is 9.55. The molecule has 2 aromatic rings. The summed E-state index contributed by atoms with van der Waals surface area (Å²) in [6, 6.07) is 7.48. The molecule has 0 saturated heterocycles. The largest absolute Gasteiger partial charge is 0.481 e. The minimum atomic E-state index is 0.502. The van der Waals surface area contributed by atoms with Crippen molar-refractivity contribution in [2.75, 3.05) is 18.2 Å². The third kappa shape index (κ3) is 3.07. The molecule has 0 aliphatic carbocycles. The highest BCUT2D eigenvalue weighted by molar-refractivity contribution is 5.49. The van der Waals surface area contributed by atoms with Crippen molar-refractivity contribution in [1.82, 2.24) is 9.97 Å². The molecule has 0 aliphatic rings. The van der Waals surface area contributed by atoms with Gasteiger partial charge in [0, 0.05) is 36.8 Å². The summed E-state index contributed by atoms with van der Waals surface area (Å²) >= 11 is 0. The summed E-state index contributed by atoms with van der Waals surface area (Å²) in [5, 5.41) is 3.25. The Morgan fingerprint density at radius 1 is 1.24 bits per heavy atom. The summed E-state index contributed by atoms with van der Waals surface area (Å²) in [5.74, 6) is 1.11.